The molecule has 0 saturated carbocycles. The number of carbonyl (C=O) groups is 2. The van der Waals surface area contributed by atoms with Crippen LogP contribution in [-0.4, -0.2) is 42.7 Å². The molecule has 7 nitrogen and oxygen atoms in total. The standard InChI is InChI=1S/C13H19N3O4/c14-11(7-9-1-3-10(17)4-2-9)13(19)16-5-6-20-8-12(15)18/h1-4,11,17H,5-8,14H2,(H2,15,18)(H,16,19)/t11-/m1/s1. The minimum Gasteiger partial charge on any atom is -0.508 e. The summed E-state index contributed by atoms with van der Waals surface area (Å²) in [6.07, 6.45) is 0.369. The van der Waals surface area contributed by atoms with Crippen molar-refractivity contribution in [1.29, 1.82) is 0 Å². The van der Waals surface area contributed by atoms with Gasteiger partial charge in [-0.05, 0) is 24.1 Å². The van der Waals surface area contributed by atoms with Crippen LogP contribution in [0.15, 0.2) is 24.3 Å². The molecule has 20 heavy (non-hydrogen) atoms. The Labute approximate surface area is 116 Å². The third kappa shape index (κ3) is 6.17. The van der Waals surface area contributed by atoms with Crippen molar-refractivity contribution in [2.24, 2.45) is 11.5 Å². The lowest BCUT2D eigenvalue weighted by Gasteiger charge is -2.12. The van der Waals surface area contributed by atoms with Gasteiger partial charge in [0.2, 0.25) is 11.8 Å². The molecular formula is C13H19N3O4. The molecule has 0 saturated heterocycles. The SMILES string of the molecule is NC(=O)COCCNC(=O)[C@H](N)Cc1ccc(O)cc1. The van der Waals surface area contributed by atoms with Crippen LogP contribution in [0.1, 0.15) is 5.56 Å². The van der Waals surface area contributed by atoms with E-state index in [0.717, 1.165) is 5.56 Å². The van der Waals surface area contributed by atoms with Gasteiger partial charge in [-0.15, -0.1) is 0 Å². The fraction of sp³-hybridized carbons (Fsp3) is 0.385. The van der Waals surface area contributed by atoms with Crippen molar-refractivity contribution in [3.05, 3.63) is 29.8 Å². The average Bonchev–Trinajstić information content (AvgIpc) is 2.40. The highest BCUT2D eigenvalue weighted by Gasteiger charge is 2.13. The molecule has 2 amide bonds. The zero-order valence-corrected chi connectivity index (χ0v) is 11.0. The summed E-state index contributed by atoms with van der Waals surface area (Å²) in [6.45, 7) is 0.283. The molecule has 0 aliphatic rings. The number of rotatable bonds is 8. The van der Waals surface area contributed by atoms with Crippen LogP contribution >= 0.6 is 0 Å². The van der Waals surface area contributed by atoms with E-state index in [1.165, 1.54) is 12.1 Å². The van der Waals surface area contributed by atoms with Crippen molar-refractivity contribution in [3.63, 3.8) is 0 Å². The zero-order valence-electron chi connectivity index (χ0n) is 11.0. The van der Waals surface area contributed by atoms with Crippen molar-refractivity contribution in [3.8, 4) is 5.75 Å². The monoisotopic (exact) mass is 281 g/mol. The number of carbonyl (C=O) groups excluding carboxylic acids is 2. The number of ether oxygens (including phenoxy) is 1. The van der Waals surface area contributed by atoms with Crippen LogP contribution < -0.4 is 16.8 Å². The van der Waals surface area contributed by atoms with Crippen LogP contribution in [0.5, 0.6) is 5.75 Å². The Morgan fingerprint density at radius 3 is 2.55 bits per heavy atom. The molecule has 0 fully saturated rings. The molecule has 0 spiro atoms. The normalized spacial score (nSPS) is 11.8. The number of primary amides is 1. The Hall–Kier alpha value is -2.12. The van der Waals surface area contributed by atoms with Gasteiger partial charge < -0.3 is 26.6 Å². The van der Waals surface area contributed by atoms with Crippen LogP contribution in [0.3, 0.4) is 0 Å². The molecule has 1 atom stereocenters. The maximum Gasteiger partial charge on any atom is 0.243 e. The lowest BCUT2D eigenvalue weighted by Crippen LogP contribution is -2.43. The summed E-state index contributed by atoms with van der Waals surface area (Å²) < 4.78 is 4.90. The quantitative estimate of drug-likeness (QED) is 0.449. The molecule has 1 rings (SSSR count). The third-order valence-corrected chi connectivity index (χ3v) is 2.52. The number of benzene rings is 1. The first-order chi connectivity index (χ1) is 9.49. The van der Waals surface area contributed by atoms with Crippen molar-refractivity contribution in [2.75, 3.05) is 19.8 Å². The minimum absolute atomic E-state index is 0.165. The van der Waals surface area contributed by atoms with Gasteiger partial charge in [-0.3, -0.25) is 9.59 Å². The van der Waals surface area contributed by atoms with Gasteiger partial charge >= 0.3 is 0 Å². The third-order valence-electron chi connectivity index (χ3n) is 2.52. The highest BCUT2D eigenvalue weighted by atomic mass is 16.5. The van der Waals surface area contributed by atoms with Crippen LogP contribution in [0, 0.1) is 0 Å². The molecule has 0 bridgehead atoms. The van der Waals surface area contributed by atoms with Crippen molar-refractivity contribution < 1.29 is 19.4 Å². The van der Waals surface area contributed by atoms with E-state index < -0.39 is 11.9 Å². The highest BCUT2D eigenvalue weighted by Crippen LogP contribution is 2.10. The predicted molar refractivity (Wildman–Crippen MR) is 72.8 cm³/mol. The Morgan fingerprint density at radius 2 is 1.95 bits per heavy atom. The van der Waals surface area contributed by atoms with E-state index in [4.69, 9.17) is 21.3 Å². The molecule has 0 heterocycles. The fourth-order valence-electron chi connectivity index (χ4n) is 1.53. The molecule has 0 aliphatic heterocycles. The number of phenolic OH excluding ortho intramolecular Hbond substituents is 1. The summed E-state index contributed by atoms with van der Waals surface area (Å²) in [7, 11) is 0. The predicted octanol–water partition coefficient (Wildman–Crippen LogP) is -1.12. The number of aromatic hydroxyl groups is 1. The molecule has 6 N–H and O–H groups in total. The van der Waals surface area contributed by atoms with E-state index in [1.807, 2.05) is 0 Å². The second kappa shape index (κ2) is 8.13. The van der Waals surface area contributed by atoms with E-state index >= 15 is 0 Å². The van der Waals surface area contributed by atoms with Gasteiger partial charge in [0.15, 0.2) is 0 Å². The molecule has 0 unspecified atom stereocenters. The lowest BCUT2D eigenvalue weighted by atomic mass is 10.1. The number of hydrogen-bond acceptors (Lipinski definition) is 5. The van der Waals surface area contributed by atoms with Gasteiger partial charge in [-0.1, -0.05) is 12.1 Å². The topological polar surface area (TPSA) is 128 Å². The highest BCUT2D eigenvalue weighted by molar-refractivity contribution is 5.81. The molecule has 7 heteroatoms. The van der Waals surface area contributed by atoms with Gasteiger partial charge in [0.1, 0.15) is 12.4 Å². The first-order valence-electron chi connectivity index (χ1n) is 6.16. The number of nitrogens with two attached hydrogens (primary N) is 2. The molecule has 0 aliphatic carbocycles. The zero-order chi connectivity index (χ0) is 15.0. The molecule has 0 aromatic heterocycles. The van der Waals surface area contributed by atoms with Crippen LogP contribution in [0.2, 0.25) is 0 Å². The first kappa shape index (κ1) is 15.9. The lowest BCUT2D eigenvalue weighted by molar-refractivity contribution is -0.123. The summed E-state index contributed by atoms with van der Waals surface area (Å²) in [5.74, 6) is -0.695. The number of phenols is 1. The molecule has 1 aromatic carbocycles. The Morgan fingerprint density at radius 1 is 1.30 bits per heavy atom. The molecule has 1 aromatic rings. The molecule has 110 valence electrons. The van der Waals surface area contributed by atoms with Crippen molar-refractivity contribution in [2.45, 2.75) is 12.5 Å². The van der Waals surface area contributed by atoms with E-state index in [-0.39, 0.29) is 31.4 Å². The first-order valence-corrected chi connectivity index (χ1v) is 6.16. The summed E-state index contributed by atoms with van der Waals surface area (Å²) in [5, 5.41) is 11.7. The fourth-order valence-corrected chi connectivity index (χ4v) is 1.53. The summed E-state index contributed by atoms with van der Waals surface area (Å²) in [6, 6.07) is 5.81. The maximum absolute atomic E-state index is 11.7. The van der Waals surface area contributed by atoms with Crippen LogP contribution in [0.25, 0.3) is 0 Å². The number of amides is 2. The second-order valence-corrected chi connectivity index (χ2v) is 4.29. The maximum atomic E-state index is 11.7. The largest absolute Gasteiger partial charge is 0.508 e. The second-order valence-electron chi connectivity index (χ2n) is 4.29. The molecule has 0 radical (unpaired) electrons. The van der Waals surface area contributed by atoms with E-state index in [1.54, 1.807) is 12.1 Å². The van der Waals surface area contributed by atoms with Gasteiger partial charge in [-0.25, -0.2) is 0 Å². The van der Waals surface area contributed by atoms with Crippen molar-refractivity contribution in [1.82, 2.24) is 5.32 Å². The average molecular weight is 281 g/mol. The number of nitrogens with one attached hydrogen (secondary N) is 1. The summed E-state index contributed by atoms with van der Waals surface area (Å²) in [4.78, 5) is 22.1. The Kier molecular flexibility index (Phi) is 6.48. The van der Waals surface area contributed by atoms with Crippen molar-refractivity contribution >= 4 is 11.8 Å². The smallest absolute Gasteiger partial charge is 0.243 e. The van der Waals surface area contributed by atoms with Gasteiger partial charge in [0.25, 0.3) is 0 Å². The van der Waals surface area contributed by atoms with Gasteiger partial charge in [0, 0.05) is 6.54 Å². The summed E-state index contributed by atoms with van der Waals surface area (Å²) >= 11 is 0. The van der Waals surface area contributed by atoms with E-state index in [0.29, 0.717) is 6.42 Å². The van der Waals surface area contributed by atoms with E-state index in [2.05, 4.69) is 5.32 Å². The van der Waals surface area contributed by atoms with Gasteiger partial charge in [-0.2, -0.15) is 0 Å². The van der Waals surface area contributed by atoms with Crippen LogP contribution in [0.4, 0.5) is 0 Å². The molecular weight excluding hydrogens is 262 g/mol. The summed E-state index contributed by atoms with van der Waals surface area (Å²) in [5.41, 5.74) is 11.5. The minimum atomic E-state index is -0.685. The van der Waals surface area contributed by atoms with Crippen LogP contribution in [-0.2, 0) is 20.7 Å². The van der Waals surface area contributed by atoms with E-state index in [9.17, 15) is 9.59 Å². The number of hydrogen-bond donors (Lipinski definition) is 4. The van der Waals surface area contributed by atoms with Gasteiger partial charge in [0.05, 0.1) is 12.6 Å². The Balaban J connectivity index is 2.25. The Bertz CT molecular complexity index is 447.